The summed E-state index contributed by atoms with van der Waals surface area (Å²) in [5.74, 6) is 4.82. The number of methoxy groups -OCH3 is 1. The Morgan fingerprint density at radius 3 is 2.28 bits per heavy atom. The number of ether oxygens (including phenoxy) is 1. The highest BCUT2D eigenvalue weighted by atomic mass is 16.5. The lowest BCUT2D eigenvalue weighted by Gasteiger charge is -2.10. The molecule has 0 aliphatic carbocycles. The highest BCUT2D eigenvalue weighted by Gasteiger charge is 2.12. The van der Waals surface area contributed by atoms with Crippen LogP contribution in [0.25, 0.3) is 0 Å². The Morgan fingerprint density at radius 1 is 0.875 bits per heavy atom. The maximum absolute atomic E-state index is 12.8. The van der Waals surface area contributed by atoms with Gasteiger partial charge in [-0.25, -0.2) is 4.79 Å². The van der Waals surface area contributed by atoms with Gasteiger partial charge >= 0.3 is 5.97 Å². The van der Waals surface area contributed by atoms with Gasteiger partial charge in [0.15, 0.2) is 0 Å². The molecule has 0 heterocycles. The summed E-state index contributed by atoms with van der Waals surface area (Å²) < 4.78 is 4.72. The number of esters is 1. The van der Waals surface area contributed by atoms with Crippen LogP contribution in [0.3, 0.4) is 0 Å². The van der Waals surface area contributed by atoms with Gasteiger partial charge in [-0.15, -0.1) is 0 Å². The predicted octanol–water partition coefficient (Wildman–Crippen LogP) is 4.25. The first kappa shape index (κ1) is 22.1. The number of benzene rings is 3. The Bertz CT molecular complexity index is 1250. The Kier molecular flexibility index (Phi) is 7.18. The minimum absolute atomic E-state index is 0.318. The van der Waals surface area contributed by atoms with Gasteiger partial charge in [0.1, 0.15) is 0 Å². The molecule has 0 spiro atoms. The molecule has 0 saturated heterocycles. The Hall–Kier alpha value is -4.63. The highest BCUT2D eigenvalue weighted by molar-refractivity contribution is 6.11. The summed E-state index contributed by atoms with van der Waals surface area (Å²) in [5.41, 5.74) is 3.02. The van der Waals surface area contributed by atoms with E-state index in [9.17, 15) is 14.4 Å². The topological polar surface area (TPSA) is 84.5 Å². The standard InChI is InChI=1S/C26H20N2O4/c1-3-24(29)28-23-13-5-4-12-22(23)25(30)27-21-11-7-9-19(17-21)15-14-18-8-6-10-20(16-18)26(31)32-2/h3-13,16-17H,1H2,2H3,(H,27,30)(H,28,29). The minimum Gasteiger partial charge on any atom is -0.465 e. The molecule has 6 nitrogen and oxygen atoms in total. The molecule has 0 fully saturated rings. The van der Waals surface area contributed by atoms with Gasteiger partial charge in [-0.3, -0.25) is 9.59 Å². The summed E-state index contributed by atoms with van der Waals surface area (Å²) in [6.07, 6.45) is 1.14. The van der Waals surface area contributed by atoms with E-state index in [2.05, 4.69) is 29.1 Å². The normalized spacial score (nSPS) is 9.66. The monoisotopic (exact) mass is 424 g/mol. The Balaban J connectivity index is 1.78. The van der Waals surface area contributed by atoms with E-state index in [0.29, 0.717) is 33.6 Å². The molecule has 2 N–H and O–H groups in total. The summed E-state index contributed by atoms with van der Waals surface area (Å²) in [4.78, 5) is 36.0. The van der Waals surface area contributed by atoms with Gasteiger partial charge in [-0.2, -0.15) is 0 Å². The van der Waals surface area contributed by atoms with Gasteiger partial charge in [0, 0.05) is 16.8 Å². The molecule has 0 radical (unpaired) electrons. The van der Waals surface area contributed by atoms with Crippen LogP contribution in [0.1, 0.15) is 31.8 Å². The maximum atomic E-state index is 12.8. The van der Waals surface area contributed by atoms with Crippen molar-refractivity contribution in [1.29, 1.82) is 0 Å². The third kappa shape index (κ3) is 5.71. The molecule has 0 atom stereocenters. The molecule has 0 saturated carbocycles. The molecule has 0 aliphatic heterocycles. The van der Waals surface area contributed by atoms with E-state index in [-0.39, 0.29) is 5.91 Å². The highest BCUT2D eigenvalue weighted by Crippen LogP contribution is 2.18. The fraction of sp³-hybridized carbons (Fsp3) is 0.0385. The van der Waals surface area contributed by atoms with Crippen molar-refractivity contribution >= 4 is 29.2 Å². The summed E-state index contributed by atoms with van der Waals surface area (Å²) in [7, 11) is 1.33. The lowest BCUT2D eigenvalue weighted by molar-refractivity contribution is -0.111. The van der Waals surface area contributed by atoms with Crippen molar-refractivity contribution in [2.75, 3.05) is 17.7 Å². The number of amides is 2. The van der Waals surface area contributed by atoms with Crippen molar-refractivity contribution in [2.45, 2.75) is 0 Å². The molecule has 2 amide bonds. The number of carbonyl (C=O) groups is 3. The molecule has 158 valence electrons. The molecule has 0 aliphatic rings. The van der Waals surface area contributed by atoms with Crippen molar-refractivity contribution < 1.29 is 19.1 Å². The van der Waals surface area contributed by atoms with Crippen LogP contribution in [0.4, 0.5) is 11.4 Å². The summed E-state index contributed by atoms with van der Waals surface area (Å²) in [6, 6.07) is 20.6. The quantitative estimate of drug-likeness (QED) is 0.364. The number of rotatable bonds is 5. The summed E-state index contributed by atoms with van der Waals surface area (Å²) in [6.45, 7) is 3.42. The van der Waals surface area contributed by atoms with Crippen molar-refractivity contribution in [3.8, 4) is 11.8 Å². The molecule has 6 heteroatoms. The zero-order valence-electron chi connectivity index (χ0n) is 17.3. The minimum atomic E-state index is -0.428. The van der Waals surface area contributed by atoms with E-state index in [1.165, 1.54) is 7.11 Å². The second-order valence-corrected chi connectivity index (χ2v) is 6.60. The van der Waals surface area contributed by atoms with Gasteiger partial charge in [0.05, 0.1) is 23.9 Å². The Morgan fingerprint density at radius 2 is 1.56 bits per heavy atom. The molecular formula is C26H20N2O4. The zero-order chi connectivity index (χ0) is 22.9. The van der Waals surface area contributed by atoms with Gasteiger partial charge in [-0.05, 0) is 54.6 Å². The molecule has 0 unspecified atom stereocenters. The molecular weight excluding hydrogens is 404 g/mol. The van der Waals surface area contributed by atoms with Gasteiger partial charge in [0.25, 0.3) is 5.91 Å². The number of hydrogen-bond acceptors (Lipinski definition) is 4. The lowest BCUT2D eigenvalue weighted by atomic mass is 10.1. The van der Waals surface area contributed by atoms with Crippen molar-refractivity contribution in [1.82, 2.24) is 0 Å². The van der Waals surface area contributed by atoms with Crippen LogP contribution >= 0.6 is 0 Å². The smallest absolute Gasteiger partial charge is 0.337 e. The maximum Gasteiger partial charge on any atom is 0.337 e. The van der Waals surface area contributed by atoms with E-state index >= 15 is 0 Å². The first-order valence-electron chi connectivity index (χ1n) is 9.64. The van der Waals surface area contributed by atoms with Crippen molar-refractivity contribution in [3.63, 3.8) is 0 Å². The van der Waals surface area contributed by atoms with Gasteiger partial charge in [0.2, 0.25) is 5.91 Å². The lowest BCUT2D eigenvalue weighted by Crippen LogP contribution is -2.16. The largest absolute Gasteiger partial charge is 0.465 e. The van der Waals surface area contributed by atoms with Crippen LogP contribution in [0.2, 0.25) is 0 Å². The van der Waals surface area contributed by atoms with Crippen LogP contribution in [-0.2, 0) is 9.53 Å². The van der Waals surface area contributed by atoms with Crippen molar-refractivity contribution in [3.05, 3.63) is 108 Å². The van der Waals surface area contributed by atoms with Crippen LogP contribution in [0.15, 0.2) is 85.5 Å². The van der Waals surface area contributed by atoms with Crippen LogP contribution < -0.4 is 10.6 Å². The first-order valence-corrected chi connectivity index (χ1v) is 9.64. The van der Waals surface area contributed by atoms with Gasteiger partial charge < -0.3 is 15.4 Å². The first-order chi connectivity index (χ1) is 15.5. The van der Waals surface area contributed by atoms with E-state index < -0.39 is 11.9 Å². The Labute approximate surface area is 185 Å². The van der Waals surface area contributed by atoms with Crippen molar-refractivity contribution in [2.24, 2.45) is 0 Å². The number of hydrogen-bond donors (Lipinski definition) is 2. The summed E-state index contributed by atoms with van der Waals surface area (Å²) in [5, 5.41) is 5.44. The fourth-order valence-corrected chi connectivity index (χ4v) is 2.83. The second-order valence-electron chi connectivity index (χ2n) is 6.60. The molecule has 3 aromatic carbocycles. The number of anilines is 2. The summed E-state index contributed by atoms with van der Waals surface area (Å²) >= 11 is 0. The van der Waals surface area contributed by atoms with E-state index in [0.717, 1.165) is 6.08 Å². The van der Waals surface area contributed by atoms with E-state index in [1.54, 1.807) is 66.7 Å². The van der Waals surface area contributed by atoms with E-state index in [1.807, 2.05) is 6.07 Å². The molecule has 32 heavy (non-hydrogen) atoms. The fourth-order valence-electron chi connectivity index (χ4n) is 2.83. The average molecular weight is 424 g/mol. The third-order valence-corrected chi connectivity index (χ3v) is 4.37. The SMILES string of the molecule is C=CC(=O)Nc1ccccc1C(=O)Nc1cccc(C#Cc2cccc(C(=O)OC)c2)c1. The number of para-hydroxylation sites is 1. The molecule has 3 aromatic rings. The van der Waals surface area contributed by atoms with Crippen LogP contribution in [0, 0.1) is 11.8 Å². The van der Waals surface area contributed by atoms with Gasteiger partial charge in [-0.1, -0.05) is 42.7 Å². The third-order valence-electron chi connectivity index (χ3n) is 4.37. The van der Waals surface area contributed by atoms with Crippen LogP contribution in [0.5, 0.6) is 0 Å². The van der Waals surface area contributed by atoms with Crippen LogP contribution in [-0.4, -0.2) is 24.9 Å². The number of nitrogens with one attached hydrogen (secondary N) is 2. The second kappa shape index (κ2) is 10.4. The zero-order valence-corrected chi connectivity index (χ0v) is 17.3. The number of carbonyl (C=O) groups excluding carboxylic acids is 3. The average Bonchev–Trinajstić information content (AvgIpc) is 2.82. The van der Waals surface area contributed by atoms with E-state index in [4.69, 9.17) is 4.74 Å². The molecule has 0 aromatic heterocycles. The molecule has 0 bridgehead atoms. The predicted molar refractivity (Wildman–Crippen MR) is 123 cm³/mol. The molecule has 3 rings (SSSR count).